The fraction of sp³-hybridized carbons (Fsp3) is 0.650. The maximum absolute atomic E-state index is 12.4. The molecule has 0 spiro atoms. The number of nitrogens with one attached hydrogen (secondary N) is 1. The quantitative estimate of drug-likeness (QED) is 0.893. The summed E-state index contributed by atoms with van der Waals surface area (Å²) in [7, 11) is 2.08. The molecule has 3 heteroatoms. The fourth-order valence-electron chi connectivity index (χ4n) is 4.87. The van der Waals surface area contributed by atoms with Gasteiger partial charge in [0.2, 0.25) is 5.91 Å². The molecule has 3 nitrogen and oxygen atoms in total. The standard InChI is InChI=1S/C20H30N2O/c1-13-7-14(2)20(15(3)8-13)21-19(23)12-22(4)11-18-10-16-5-6-17(18)9-16/h7-8,16-18H,5-6,9-12H2,1-4H3,(H,21,23). The van der Waals surface area contributed by atoms with E-state index in [1.165, 1.54) is 31.2 Å². The molecule has 0 radical (unpaired) electrons. The maximum atomic E-state index is 12.4. The van der Waals surface area contributed by atoms with Gasteiger partial charge in [-0.2, -0.15) is 0 Å². The van der Waals surface area contributed by atoms with Gasteiger partial charge in [-0.15, -0.1) is 0 Å². The molecule has 23 heavy (non-hydrogen) atoms. The highest BCUT2D eigenvalue weighted by molar-refractivity contribution is 5.93. The number of carbonyl (C=O) groups excluding carboxylic acids is 1. The highest BCUT2D eigenvalue weighted by atomic mass is 16.2. The Balaban J connectivity index is 1.53. The van der Waals surface area contributed by atoms with Gasteiger partial charge in [0.05, 0.1) is 6.54 Å². The summed E-state index contributed by atoms with van der Waals surface area (Å²) in [5.41, 5.74) is 4.51. The van der Waals surface area contributed by atoms with E-state index in [9.17, 15) is 4.79 Å². The van der Waals surface area contributed by atoms with Crippen molar-refractivity contribution in [3.63, 3.8) is 0 Å². The van der Waals surface area contributed by atoms with Gasteiger partial charge in [-0.25, -0.2) is 0 Å². The summed E-state index contributed by atoms with van der Waals surface area (Å²) < 4.78 is 0. The van der Waals surface area contributed by atoms with Crippen molar-refractivity contribution in [2.24, 2.45) is 17.8 Å². The fourth-order valence-corrected chi connectivity index (χ4v) is 4.87. The van der Waals surface area contributed by atoms with Crippen molar-refractivity contribution in [3.05, 3.63) is 28.8 Å². The Morgan fingerprint density at radius 3 is 2.43 bits per heavy atom. The second kappa shape index (κ2) is 6.64. The highest BCUT2D eigenvalue weighted by Gasteiger charge is 2.39. The molecule has 2 saturated carbocycles. The molecule has 2 aliphatic carbocycles. The van der Waals surface area contributed by atoms with E-state index < -0.39 is 0 Å². The smallest absolute Gasteiger partial charge is 0.238 e. The van der Waals surface area contributed by atoms with Gasteiger partial charge in [0, 0.05) is 12.2 Å². The van der Waals surface area contributed by atoms with Crippen LogP contribution in [0.5, 0.6) is 0 Å². The molecular weight excluding hydrogens is 284 g/mol. The Morgan fingerprint density at radius 1 is 1.17 bits per heavy atom. The van der Waals surface area contributed by atoms with Crippen LogP contribution in [0.15, 0.2) is 12.1 Å². The Bertz CT molecular complexity index is 572. The van der Waals surface area contributed by atoms with Crippen LogP contribution in [0.2, 0.25) is 0 Å². The molecule has 1 amide bonds. The third kappa shape index (κ3) is 3.77. The zero-order chi connectivity index (χ0) is 16.6. The lowest BCUT2D eigenvalue weighted by molar-refractivity contribution is -0.117. The van der Waals surface area contributed by atoms with Crippen LogP contribution >= 0.6 is 0 Å². The van der Waals surface area contributed by atoms with E-state index in [1.807, 2.05) is 0 Å². The minimum atomic E-state index is 0.103. The van der Waals surface area contributed by atoms with Crippen LogP contribution in [0, 0.1) is 38.5 Å². The van der Waals surface area contributed by atoms with Crippen LogP contribution in [-0.4, -0.2) is 30.9 Å². The molecule has 3 rings (SSSR count). The molecule has 3 unspecified atom stereocenters. The van der Waals surface area contributed by atoms with Gasteiger partial charge in [0.1, 0.15) is 0 Å². The van der Waals surface area contributed by atoms with Crippen molar-refractivity contribution in [2.75, 3.05) is 25.5 Å². The van der Waals surface area contributed by atoms with E-state index in [4.69, 9.17) is 0 Å². The van der Waals surface area contributed by atoms with Crippen molar-refractivity contribution in [2.45, 2.75) is 46.5 Å². The number of aryl methyl sites for hydroxylation is 3. The molecule has 1 N–H and O–H groups in total. The van der Waals surface area contributed by atoms with E-state index in [1.54, 1.807) is 0 Å². The first-order chi connectivity index (χ1) is 10.9. The molecule has 0 saturated heterocycles. The van der Waals surface area contributed by atoms with E-state index in [0.29, 0.717) is 6.54 Å². The van der Waals surface area contributed by atoms with Crippen molar-refractivity contribution in [1.29, 1.82) is 0 Å². The molecule has 126 valence electrons. The van der Waals surface area contributed by atoms with Gasteiger partial charge in [-0.05, 0) is 76.0 Å². The maximum Gasteiger partial charge on any atom is 0.238 e. The number of nitrogens with zero attached hydrogens (tertiary/aromatic N) is 1. The van der Waals surface area contributed by atoms with Crippen LogP contribution in [0.25, 0.3) is 0 Å². The predicted molar refractivity (Wildman–Crippen MR) is 95.7 cm³/mol. The summed E-state index contributed by atoms with van der Waals surface area (Å²) in [5.74, 6) is 2.82. The van der Waals surface area contributed by atoms with E-state index >= 15 is 0 Å². The van der Waals surface area contributed by atoms with Crippen LogP contribution in [0.4, 0.5) is 5.69 Å². The Hall–Kier alpha value is -1.35. The monoisotopic (exact) mass is 314 g/mol. The zero-order valence-corrected chi connectivity index (χ0v) is 15.0. The molecule has 0 aliphatic heterocycles. The number of anilines is 1. The number of benzene rings is 1. The van der Waals surface area contributed by atoms with Crippen LogP contribution in [0.3, 0.4) is 0 Å². The topological polar surface area (TPSA) is 32.3 Å². The Morgan fingerprint density at radius 2 is 1.87 bits per heavy atom. The number of carbonyl (C=O) groups is 1. The van der Waals surface area contributed by atoms with Gasteiger partial charge in [0.15, 0.2) is 0 Å². The highest BCUT2D eigenvalue weighted by Crippen LogP contribution is 2.48. The molecule has 2 aliphatic rings. The molecule has 3 atom stereocenters. The van der Waals surface area contributed by atoms with Crippen molar-refractivity contribution >= 4 is 11.6 Å². The molecule has 0 heterocycles. The van der Waals surface area contributed by atoms with E-state index in [0.717, 1.165) is 41.1 Å². The summed E-state index contributed by atoms with van der Waals surface area (Å²) in [5, 5.41) is 3.11. The van der Waals surface area contributed by atoms with Gasteiger partial charge in [-0.1, -0.05) is 24.1 Å². The number of hydrogen-bond acceptors (Lipinski definition) is 2. The van der Waals surface area contributed by atoms with Crippen LogP contribution in [0.1, 0.15) is 42.4 Å². The van der Waals surface area contributed by atoms with Crippen molar-refractivity contribution in [3.8, 4) is 0 Å². The largest absolute Gasteiger partial charge is 0.324 e. The predicted octanol–water partition coefficient (Wildman–Crippen LogP) is 3.92. The van der Waals surface area contributed by atoms with Gasteiger partial charge in [0.25, 0.3) is 0 Å². The van der Waals surface area contributed by atoms with Crippen molar-refractivity contribution in [1.82, 2.24) is 4.90 Å². The molecule has 1 aromatic rings. The number of amides is 1. The lowest BCUT2D eigenvalue weighted by Crippen LogP contribution is -2.35. The minimum absolute atomic E-state index is 0.103. The average Bonchev–Trinajstić information content (AvgIpc) is 3.05. The summed E-state index contributed by atoms with van der Waals surface area (Å²) in [6.07, 6.45) is 5.67. The zero-order valence-electron chi connectivity index (χ0n) is 15.0. The number of fused-ring (bicyclic) bond motifs is 2. The second-order valence-electron chi connectivity index (χ2n) is 7.95. The van der Waals surface area contributed by atoms with E-state index in [-0.39, 0.29) is 5.91 Å². The van der Waals surface area contributed by atoms with Crippen LogP contribution in [-0.2, 0) is 4.79 Å². The lowest BCUT2D eigenvalue weighted by Gasteiger charge is -2.27. The SMILES string of the molecule is Cc1cc(C)c(NC(=O)CN(C)CC2CC3CCC2C3)c(C)c1. The summed E-state index contributed by atoms with van der Waals surface area (Å²) in [6.45, 7) is 7.78. The number of hydrogen-bond donors (Lipinski definition) is 1. The van der Waals surface area contributed by atoms with Crippen LogP contribution < -0.4 is 5.32 Å². The summed E-state index contributed by atoms with van der Waals surface area (Å²) in [4.78, 5) is 14.6. The summed E-state index contributed by atoms with van der Waals surface area (Å²) >= 11 is 0. The first-order valence-corrected chi connectivity index (χ1v) is 8.98. The number of likely N-dealkylation sites (N-methyl/N-ethyl adjacent to an activating group) is 1. The normalized spacial score (nSPS) is 26.0. The third-order valence-electron chi connectivity index (χ3n) is 5.79. The first kappa shape index (κ1) is 16.5. The first-order valence-electron chi connectivity index (χ1n) is 8.98. The van der Waals surface area contributed by atoms with Crippen molar-refractivity contribution < 1.29 is 4.79 Å². The van der Waals surface area contributed by atoms with Gasteiger partial charge >= 0.3 is 0 Å². The molecule has 2 bridgehead atoms. The third-order valence-corrected chi connectivity index (χ3v) is 5.79. The molecule has 2 fully saturated rings. The average molecular weight is 314 g/mol. The molecule has 0 aromatic heterocycles. The van der Waals surface area contributed by atoms with E-state index in [2.05, 4.69) is 50.2 Å². The second-order valence-corrected chi connectivity index (χ2v) is 7.95. The molecular formula is C20H30N2O. The Labute approximate surface area is 140 Å². The van der Waals surface area contributed by atoms with Gasteiger partial charge < -0.3 is 5.32 Å². The number of rotatable bonds is 5. The molecule has 1 aromatic carbocycles. The Kier molecular flexibility index (Phi) is 4.77. The van der Waals surface area contributed by atoms with Gasteiger partial charge in [-0.3, -0.25) is 9.69 Å². The summed E-state index contributed by atoms with van der Waals surface area (Å²) in [6, 6.07) is 4.25. The lowest BCUT2D eigenvalue weighted by atomic mass is 9.88. The minimum Gasteiger partial charge on any atom is -0.324 e.